The molecule has 2 aliphatic heterocycles. The molecule has 1 aromatic carbocycles. The van der Waals surface area contributed by atoms with Crippen molar-refractivity contribution in [2.45, 2.75) is 51.0 Å². The molecule has 4 N–H and O–H groups in total. The fourth-order valence-electron chi connectivity index (χ4n) is 5.54. The molecule has 0 unspecified atom stereocenters. The Labute approximate surface area is 202 Å². The summed E-state index contributed by atoms with van der Waals surface area (Å²) in [5.41, 5.74) is 5.38. The quantitative estimate of drug-likeness (QED) is 0.445. The Kier molecular flexibility index (Phi) is 8.21. The highest BCUT2D eigenvalue weighted by molar-refractivity contribution is 6.05. The lowest BCUT2D eigenvalue weighted by Crippen LogP contribution is -2.57. The predicted molar refractivity (Wildman–Crippen MR) is 129 cm³/mol. The lowest BCUT2D eigenvalue weighted by Gasteiger charge is -2.42. The molecule has 8 nitrogen and oxygen atoms in total. The fourth-order valence-corrected chi connectivity index (χ4v) is 5.54. The maximum Gasteiger partial charge on any atom is 0.242 e. The molecule has 2 saturated heterocycles. The van der Waals surface area contributed by atoms with Crippen LogP contribution in [0.15, 0.2) is 30.3 Å². The third-order valence-electron chi connectivity index (χ3n) is 7.72. The minimum Gasteiger partial charge on any atom is -0.381 e. The minimum atomic E-state index is -1.20. The number of carbonyl (C=O) groups is 3. The van der Waals surface area contributed by atoms with Crippen LogP contribution in [0.5, 0.6) is 0 Å². The smallest absolute Gasteiger partial charge is 0.242 e. The van der Waals surface area contributed by atoms with E-state index in [1.807, 2.05) is 30.3 Å². The molecule has 0 aromatic heterocycles. The third-order valence-corrected chi connectivity index (χ3v) is 7.72. The normalized spacial score (nSPS) is 22.0. The highest BCUT2D eigenvalue weighted by Gasteiger charge is 2.47. The minimum absolute atomic E-state index is 0.210. The Morgan fingerprint density at radius 2 is 1.74 bits per heavy atom. The predicted octanol–water partition coefficient (Wildman–Crippen LogP) is 1.23. The summed E-state index contributed by atoms with van der Waals surface area (Å²) in [6.45, 7) is 5.39. The van der Waals surface area contributed by atoms with Gasteiger partial charge in [0.2, 0.25) is 17.7 Å². The molecule has 1 aromatic rings. The number of likely N-dealkylation sites (tertiary alicyclic amines) is 1. The molecule has 0 spiro atoms. The van der Waals surface area contributed by atoms with E-state index < -0.39 is 23.3 Å². The molecular formula is C26H38N4O4. The number of hydrogen-bond acceptors (Lipinski definition) is 5. The van der Waals surface area contributed by atoms with Gasteiger partial charge in [-0.25, -0.2) is 0 Å². The van der Waals surface area contributed by atoms with Gasteiger partial charge in [0.15, 0.2) is 0 Å². The van der Waals surface area contributed by atoms with Crippen LogP contribution in [0.2, 0.25) is 0 Å². The summed E-state index contributed by atoms with van der Waals surface area (Å²) in [4.78, 5) is 40.9. The zero-order valence-corrected chi connectivity index (χ0v) is 20.0. The number of benzene rings is 1. The summed E-state index contributed by atoms with van der Waals surface area (Å²) in [5.74, 6) is -0.0930. The van der Waals surface area contributed by atoms with Gasteiger partial charge in [0.1, 0.15) is 11.5 Å². The molecule has 1 atom stereocenters. The van der Waals surface area contributed by atoms with Crippen molar-refractivity contribution in [2.24, 2.45) is 23.0 Å². The van der Waals surface area contributed by atoms with Crippen molar-refractivity contribution < 1.29 is 19.1 Å². The number of rotatable bonds is 10. The van der Waals surface area contributed by atoms with Crippen LogP contribution in [0.25, 0.3) is 0 Å². The number of ether oxygens (including phenoxy) is 1. The van der Waals surface area contributed by atoms with E-state index in [4.69, 9.17) is 10.5 Å². The molecule has 1 saturated carbocycles. The lowest BCUT2D eigenvalue weighted by atomic mass is 9.84. The number of carbonyl (C=O) groups excluding carboxylic acids is 3. The second kappa shape index (κ2) is 11.3. The molecular weight excluding hydrogens is 432 g/mol. The maximum atomic E-state index is 13.1. The molecule has 3 aliphatic rings. The summed E-state index contributed by atoms with van der Waals surface area (Å²) in [7, 11) is 0. The van der Waals surface area contributed by atoms with Gasteiger partial charge >= 0.3 is 0 Å². The summed E-state index contributed by atoms with van der Waals surface area (Å²) in [6.07, 6.45) is 5.10. The summed E-state index contributed by atoms with van der Waals surface area (Å²) < 4.78 is 5.44. The van der Waals surface area contributed by atoms with Gasteiger partial charge in [-0.2, -0.15) is 0 Å². The molecule has 4 rings (SSSR count). The molecule has 2 heterocycles. The number of primary amides is 1. The van der Waals surface area contributed by atoms with Crippen LogP contribution >= 0.6 is 0 Å². The van der Waals surface area contributed by atoms with Crippen molar-refractivity contribution >= 4 is 17.7 Å². The van der Waals surface area contributed by atoms with Crippen molar-refractivity contribution in [3.63, 3.8) is 0 Å². The Hall–Kier alpha value is -2.45. The maximum absolute atomic E-state index is 13.1. The zero-order chi connectivity index (χ0) is 24.0. The largest absolute Gasteiger partial charge is 0.381 e. The number of amides is 3. The van der Waals surface area contributed by atoms with Crippen LogP contribution in [0.4, 0.5) is 0 Å². The van der Waals surface area contributed by atoms with Gasteiger partial charge in [-0.05, 0) is 37.2 Å². The Balaban J connectivity index is 1.31. The molecule has 1 aliphatic carbocycles. The van der Waals surface area contributed by atoms with E-state index in [9.17, 15) is 14.4 Å². The Morgan fingerprint density at radius 1 is 1.06 bits per heavy atom. The van der Waals surface area contributed by atoms with Crippen LogP contribution in [0.1, 0.15) is 44.1 Å². The number of nitrogens with one attached hydrogen (secondary N) is 2. The van der Waals surface area contributed by atoms with Crippen molar-refractivity contribution in [1.29, 1.82) is 0 Å². The molecule has 3 amide bonds. The van der Waals surface area contributed by atoms with Crippen LogP contribution in [0, 0.1) is 17.3 Å². The second-order valence-corrected chi connectivity index (χ2v) is 10.3. The first-order valence-corrected chi connectivity index (χ1v) is 12.7. The van der Waals surface area contributed by atoms with Crippen molar-refractivity contribution in [2.75, 3.05) is 39.4 Å². The number of hydrogen-bond donors (Lipinski definition) is 3. The summed E-state index contributed by atoms with van der Waals surface area (Å²) in [5, 5.41) is 5.93. The molecule has 8 heteroatoms. The molecule has 3 fully saturated rings. The monoisotopic (exact) mass is 470 g/mol. The van der Waals surface area contributed by atoms with Gasteiger partial charge in [0.25, 0.3) is 0 Å². The average molecular weight is 471 g/mol. The standard InChI is InChI=1S/C26H38N4O4/c27-24(32)26(10-4-5-11-26)25(33)29-22(14-19-6-2-1-3-7-19)23(31)28-15-21-17-30(18-21)16-20-8-12-34-13-9-20/h1-3,6-7,20-22H,4-5,8-18H2,(H2,27,32)(H,28,31)(H,29,33)/t22-/m1/s1. The third kappa shape index (κ3) is 5.96. The fraction of sp³-hybridized carbons (Fsp3) is 0.654. The first-order chi connectivity index (χ1) is 16.5. The van der Waals surface area contributed by atoms with E-state index >= 15 is 0 Å². The van der Waals surface area contributed by atoms with Gasteiger partial charge in [0, 0.05) is 51.7 Å². The number of nitrogens with zero attached hydrogens (tertiary/aromatic N) is 1. The van der Waals surface area contributed by atoms with E-state index in [0.29, 0.717) is 37.6 Å². The lowest BCUT2D eigenvalue weighted by molar-refractivity contribution is -0.143. The van der Waals surface area contributed by atoms with Crippen LogP contribution in [-0.4, -0.2) is 68.1 Å². The highest BCUT2D eigenvalue weighted by Crippen LogP contribution is 2.38. The summed E-state index contributed by atoms with van der Waals surface area (Å²) >= 11 is 0. The number of nitrogens with two attached hydrogens (primary N) is 1. The average Bonchev–Trinajstić information content (AvgIpc) is 3.33. The Bertz CT molecular complexity index is 844. The molecule has 0 radical (unpaired) electrons. The van der Waals surface area contributed by atoms with E-state index in [1.54, 1.807) is 0 Å². The summed E-state index contributed by atoms with van der Waals surface area (Å²) in [6, 6.07) is 8.87. The van der Waals surface area contributed by atoms with Gasteiger partial charge in [-0.1, -0.05) is 43.2 Å². The van der Waals surface area contributed by atoms with Crippen LogP contribution < -0.4 is 16.4 Å². The van der Waals surface area contributed by atoms with E-state index in [1.165, 1.54) is 0 Å². The topological polar surface area (TPSA) is 114 Å². The first kappa shape index (κ1) is 24.7. The van der Waals surface area contributed by atoms with E-state index in [-0.39, 0.29) is 5.91 Å². The highest BCUT2D eigenvalue weighted by atomic mass is 16.5. The van der Waals surface area contributed by atoms with Crippen molar-refractivity contribution in [3.8, 4) is 0 Å². The molecule has 186 valence electrons. The zero-order valence-electron chi connectivity index (χ0n) is 20.0. The van der Waals surface area contributed by atoms with Crippen LogP contribution in [-0.2, 0) is 25.5 Å². The Morgan fingerprint density at radius 3 is 2.38 bits per heavy atom. The van der Waals surface area contributed by atoms with Gasteiger partial charge < -0.3 is 26.0 Å². The van der Waals surface area contributed by atoms with E-state index in [2.05, 4.69) is 15.5 Å². The van der Waals surface area contributed by atoms with E-state index in [0.717, 1.165) is 64.1 Å². The van der Waals surface area contributed by atoms with Crippen LogP contribution in [0.3, 0.4) is 0 Å². The van der Waals surface area contributed by atoms with Gasteiger partial charge in [-0.15, -0.1) is 0 Å². The molecule has 34 heavy (non-hydrogen) atoms. The van der Waals surface area contributed by atoms with Crippen molar-refractivity contribution in [1.82, 2.24) is 15.5 Å². The molecule has 0 bridgehead atoms. The van der Waals surface area contributed by atoms with Crippen molar-refractivity contribution in [3.05, 3.63) is 35.9 Å². The SMILES string of the molecule is NC(=O)C1(C(=O)N[C@H](Cc2ccccc2)C(=O)NCC2CN(CC3CCOCC3)C2)CCCC1. The van der Waals surface area contributed by atoms with Gasteiger partial charge in [-0.3, -0.25) is 14.4 Å². The van der Waals surface area contributed by atoms with Gasteiger partial charge in [0.05, 0.1) is 0 Å². The second-order valence-electron chi connectivity index (χ2n) is 10.3. The first-order valence-electron chi connectivity index (χ1n) is 12.7.